The van der Waals surface area contributed by atoms with E-state index in [1.165, 1.54) is 26.2 Å². The summed E-state index contributed by atoms with van der Waals surface area (Å²) >= 11 is 0. The summed E-state index contributed by atoms with van der Waals surface area (Å²) in [7, 11) is 1.30. The number of aromatic hydroxyl groups is 4. The van der Waals surface area contributed by atoms with Crippen LogP contribution in [0.5, 0.6) is 34.5 Å². The fourth-order valence-electron chi connectivity index (χ4n) is 4.01. The van der Waals surface area contributed by atoms with Crippen molar-refractivity contribution in [3.05, 3.63) is 35.4 Å². The van der Waals surface area contributed by atoms with E-state index in [9.17, 15) is 40.5 Å². The van der Waals surface area contributed by atoms with Crippen LogP contribution in [0.15, 0.2) is 24.3 Å². The van der Waals surface area contributed by atoms with Crippen LogP contribution < -0.4 is 9.47 Å². The third-order valence-corrected chi connectivity index (χ3v) is 5.83. The Morgan fingerprint density at radius 3 is 2.18 bits per heavy atom. The number of aliphatic hydroxyl groups is 3. The lowest BCUT2D eigenvalue weighted by atomic mass is 9.91. The highest BCUT2D eigenvalue weighted by molar-refractivity contribution is 6.06. The van der Waals surface area contributed by atoms with Gasteiger partial charge in [-0.05, 0) is 19.1 Å². The highest BCUT2D eigenvalue weighted by Gasteiger charge is 2.51. The number of carbonyl (C=O) groups excluding carboxylic acids is 1. The Labute approximate surface area is 192 Å². The Bertz CT molecular complexity index is 1080. The zero-order valence-corrected chi connectivity index (χ0v) is 18.1. The lowest BCUT2D eigenvalue weighted by molar-refractivity contribution is -0.303. The number of phenols is 4. The molecule has 2 aliphatic heterocycles. The predicted octanol–water partition coefficient (Wildman–Crippen LogP) is -0.243. The summed E-state index contributed by atoms with van der Waals surface area (Å²) in [5.74, 6) is -2.85. The molecule has 0 bridgehead atoms. The fourth-order valence-corrected chi connectivity index (χ4v) is 4.01. The van der Waals surface area contributed by atoms with Crippen molar-refractivity contribution in [2.75, 3.05) is 7.11 Å². The molecule has 12 heteroatoms. The molecule has 184 valence electrons. The maximum atomic E-state index is 11.2. The molecular weight excluding hydrogens is 456 g/mol. The Hall–Kier alpha value is -3.29. The number of fused-ring (bicyclic) bond motifs is 1. The zero-order chi connectivity index (χ0) is 24.9. The van der Waals surface area contributed by atoms with Gasteiger partial charge in [0, 0.05) is 17.7 Å². The second-order valence-electron chi connectivity index (χ2n) is 8.09. The first-order valence-corrected chi connectivity index (χ1v) is 10.3. The second kappa shape index (κ2) is 8.81. The first-order chi connectivity index (χ1) is 16.0. The molecular formula is C22H25O12+. The molecule has 7 atom stereocenters. The molecule has 2 aromatic carbocycles. The first-order valence-electron chi connectivity index (χ1n) is 10.3. The van der Waals surface area contributed by atoms with Crippen LogP contribution in [0.1, 0.15) is 24.2 Å². The minimum atomic E-state index is -1.70. The van der Waals surface area contributed by atoms with Crippen LogP contribution in [0.2, 0.25) is 0 Å². The minimum Gasteiger partial charge on any atom is -0.508 e. The average molecular weight is 481 g/mol. The monoisotopic (exact) mass is 481 g/mol. The third kappa shape index (κ3) is 3.95. The summed E-state index contributed by atoms with van der Waals surface area (Å²) in [6, 6.07) is 4.55. The van der Waals surface area contributed by atoms with E-state index in [1.807, 2.05) is 0 Å². The van der Waals surface area contributed by atoms with Crippen molar-refractivity contribution < 1.29 is 59.5 Å². The lowest BCUT2D eigenvalue weighted by Gasteiger charge is -2.41. The largest absolute Gasteiger partial charge is 0.508 e. The number of benzene rings is 2. The standard InChI is InChI=1S/C22H24O12/c1-7-15(26)18(29)19(30)22(32-7)34-21-17(28)14-12(31-2)5-9(23)6-13(14)33-20(21)8-3-10(24)16(27)11(25)4-8/h3-7,15,18-27,29-30H,1-2H3/p+1/t7-,15+,18-,19-,20?,21-,22+/m0/s1. The normalized spacial score (nSPS) is 31.0. The van der Waals surface area contributed by atoms with Gasteiger partial charge in [0.1, 0.15) is 35.6 Å². The van der Waals surface area contributed by atoms with Crippen LogP contribution in [0.3, 0.4) is 0 Å². The van der Waals surface area contributed by atoms with Gasteiger partial charge in [-0.2, -0.15) is 0 Å². The molecule has 1 unspecified atom stereocenters. The molecule has 1 saturated heterocycles. The summed E-state index contributed by atoms with van der Waals surface area (Å²) in [5.41, 5.74) is 0.0592. The van der Waals surface area contributed by atoms with Crippen LogP contribution in [0.4, 0.5) is 0 Å². The van der Waals surface area contributed by atoms with E-state index >= 15 is 0 Å². The van der Waals surface area contributed by atoms with E-state index in [2.05, 4.69) is 0 Å². The minimum absolute atomic E-state index is 0.0210. The van der Waals surface area contributed by atoms with Crippen LogP contribution in [-0.2, 0) is 9.47 Å². The third-order valence-electron chi connectivity index (χ3n) is 5.83. The molecule has 2 aliphatic rings. The van der Waals surface area contributed by atoms with Crippen molar-refractivity contribution in [3.8, 4) is 34.5 Å². The van der Waals surface area contributed by atoms with Gasteiger partial charge in [-0.1, -0.05) is 0 Å². The summed E-state index contributed by atoms with van der Waals surface area (Å²) in [4.78, 5) is 11.2. The van der Waals surface area contributed by atoms with Crippen molar-refractivity contribution >= 4 is 5.78 Å². The number of methoxy groups -OCH3 is 1. The summed E-state index contributed by atoms with van der Waals surface area (Å²) in [6.07, 6.45) is -9.95. The number of ketones is 1. The molecule has 0 aromatic heterocycles. The van der Waals surface area contributed by atoms with E-state index < -0.39 is 65.9 Å². The lowest BCUT2D eigenvalue weighted by Crippen LogP contribution is -2.59. The summed E-state index contributed by atoms with van der Waals surface area (Å²) in [6.45, 7) is 1.45. The molecule has 0 aliphatic carbocycles. The molecule has 0 radical (unpaired) electrons. The SMILES string of the molecule is COc1cc(O)cc2c1C(=[OH+])[C@H](O[C@H]1O[C@@H](C)[C@@H](O)[C@H](O)[C@@H]1O)C(c1cc(O)c(O)c(O)c1)O2. The molecule has 2 heterocycles. The predicted molar refractivity (Wildman–Crippen MR) is 113 cm³/mol. The number of ether oxygens (including phenoxy) is 4. The van der Waals surface area contributed by atoms with Gasteiger partial charge in [-0.25, -0.2) is 0 Å². The highest BCUT2D eigenvalue weighted by Crippen LogP contribution is 2.46. The van der Waals surface area contributed by atoms with Crippen molar-refractivity contribution in [1.82, 2.24) is 0 Å². The Morgan fingerprint density at radius 2 is 1.56 bits per heavy atom. The molecule has 12 nitrogen and oxygen atoms in total. The van der Waals surface area contributed by atoms with Crippen molar-refractivity contribution in [2.24, 2.45) is 0 Å². The number of hydrogen-bond donors (Lipinski definition) is 7. The maximum Gasteiger partial charge on any atom is 0.363 e. The molecule has 2 aromatic rings. The van der Waals surface area contributed by atoms with Crippen LogP contribution in [-0.4, -0.2) is 90.2 Å². The average Bonchev–Trinajstić information content (AvgIpc) is 2.79. The maximum absolute atomic E-state index is 11.2. The molecule has 1 fully saturated rings. The van der Waals surface area contributed by atoms with Crippen molar-refractivity contribution in [1.29, 1.82) is 0 Å². The molecule has 34 heavy (non-hydrogen) atoms. The number of rotatable bonds is 4. The zero-order valence-electron chi connectivity index (χ0n) is 18.1. The highest BCUT2D eigenvalue weighted by atomic mass is 16.7. The Morgan fingerprint density at radius 1 is 0.912 bits per heavy atom. The van der Waals surface area contributed by atoms with Gasteiger partial charge >= 0.3 is 5.78 Å². The van der Waals surface area contributed by atoms with Gasteiger partial charge in [-0.15, -0.1) is 0 Å². The van der Waals surface area contributed by atoms with Crippen LogP contribution in [0.25, 0.3) is 0 Å². The molecule has 0 amide bonds. The van der Waals surface area contributed by atoms with E-state index in [-0.39, 0.29) is 28.4 Å². The van der Waals surface area contributed by atoms with Crippen LogP contribution in [0, 0.1) is 0 Å². The molecule has 0 spiro atoms. The van der Waals surface area contributed by atoms with Gasteiger partial charge in [0.25, 0.3) is 0 Å². The first kappa shape index (κ1) is 23.9. The van der Waals surface area contributed by atoms with Crippen molar-refractivity contribution in [2.45, 2.75) is 49.8 Å². The van der Waals surface area contributed by atoms with Gasteiger partial charge in [0.2, 0.25) is 6.10 Å². The molecule has 4 rings (SSSR count). The molecule has 8 N–H and O–H groups in total. The smallest absolute Gasteiger partial charge is 0.363 e. The van der Waals surface area contributed by atoms with Gasteiger partial charge in [-0.3, -0.25) is 4.79 Å². The fraction of sp³-hybridized carbons (Fsp3) is 0.409. The van der Waals surface area contributed by atoms with E-state index in [0.717, 1.165) is 12.1 Å². The summed E-state index contributed by atoms with van der Waals surface area (Å²) < 4.78 is 22.4. The summed E-state index contributed by atoms with van der Waals surface area (Å²) in [5, 5.41) is 70.2. The van der Waals surface area contributed by atoms with E-state index in [1.54, 1.807) is 0 Å². The van der Waals surface area contributed by atoms with Gasteiger partial charge in [0.15, 0.2) is 35.2 Å². The van der Waals surface area contributed by atoms with Gasteiger partial charge < -0.3 is 54.7 Å². The van der Waals surface area contributed by atoms with E-state index in [0.29, 0.717) is 0 Å². The number of aliphatic hydroxyl groups excluding tert-OH is 3. The van der Waals surface area contributed by atoms with E-state index in [4.69, 9.17) is 18.9 Å². The number of phenolic OH excluding ortho intramolecular Hbond substituents is 4. The Kier molecular flexibility index (Phi) is 6.18. The second-order valence-corrected chi connectivity index (χ2v) is 8.09. The molecule has 0 saturated carbocycles. The number of hydrogen-bond acceptors (Lipinski definition) is 11. The quantitative estimate of drug-likeness (QED) is 0.224. The Balaban J connectivity index is 1.80. The van der Waals surface area contributed by atoms with Crippen LogP contribution >= 0.6 is 0 Å². The van der Waals surface area contributed by atoms with Crippen molar-refractivity contribution in [3.63, 3.8) is 0 Å². The topological polar surface area (TPSA) is 200 Å². The van der Waals surface area contributed by atoms with Gasteiger partial charge in [0.05, 0.1) is 13.2 Å².